The highest BCUT2D eigenvalue weighted by Gasteiger charge is 2.25. The standard InChI is InChI=1S/C27H21Cl3N6O/c1-35(25(16-36-12-11-32-17-36)23-10-7-21(29)14-24(23)30)27(33-22-8-5-20(28)6-9-22)34-26(37)19-4-2-3-18(13-19)15-31/h2-14,17,25H,16H2,1H3,(H,33,34,37)/t25-/m1/s1. The first kappa shape index (κ1) is 26.2. The fourth-order valence-electron chi connectivity index (χ4n) is 3.68. The Morgan fingerprint density at radius 1 is 1.11 bits per heavy atom. The molecule has 0 aliphatic carbocycles. The van der Waals surface area contributed by atoms with Crippen LogP contribution >= 0.6 is 34.8 Å². The first-order chi connectivity index (χ1) is 17.8. The number of imidazole rings is 1. The van der Waals surface area contributed by atoms with Crippen LogP contribution in [0.2, 0.25) is 15.1 Å². The van der Waals surface area contributed by atoms with E-state index in [0.29, 0.717) is 38.4 Å². The third kappa shape index (κ3) is 6.69. The molecule has 0 aliphatic rings. The molecule has 1 aromatic heterocycles. The molecule has 0 bridgehead atoms. The summed E-state index contributed by atoms with van der Waals surface area (Å²) < 4.78 is 1.91. The lowest BCUT2D eigenvalue weighted by atomic mass is 10.1. The Hall–Kier alpha value is -3.83. The van der Waals surface area contributed by atoms with Gasteiger partial charge in [-0.25, -0.2) is 9.98 Å². The van der Waals surface area contributed by atoms with Gasteiger partial charge in [-0.3, -0.25) is 10.1 Å². The monoisotopic (exact) mass is 550 g/mol. The number of nitrogens with zero attached hydrogens (tertiary/aromatic N) is 5. The molecule has 186 valence electrons. The molecule has 0 saturated carbocycles. The lowest BCUT2D eigenvalue weighted by Crippen LogP contribution is -2.44. The topological polar surface area (TPSA) is 86.3 Å². The molecule has 3 aromatic carbocycles. The van der Waals surface area contributed by atoms with Crippen molar-refractivity contribution in [2.24, 2.45) is 4.99 Å². The first-order valence-corrected chi connectivity index (χ1v) is 12.3. The number of carbonyl (C=O) groups is 1. The van der Waals surface area contributed by atoms with Gasteiger partial charge in [-0.05, 0) is 60.2 Å². The molecular formula is C27H21Cl3N6O. The van der Waals surface area contributed by atoms with Gasteiger partial charge in [-0.2, -0.15) is 5.26 Å². The van der Waals surface area contributed by atoms with Crippen LogP contribution in [0, 0.1) is 11.3 Å². The second-order valence-electron chi connectivity index (χ2n) is 8.11. The van der Waals surface area contributed by atoms with Crippen molar-refractivity contribution < 1.29 is 4.79 Å². The molecule has 4 rings (SSSR count). The number of nitriles is 1. The van der Waals surface area contributed by atoms with E-state index in [-0.39, 0.29) is 12.0 Å². The zero-order valence-electron chi connectivity index (χ0n) is 19.6. The number of amides is 1. The molecule has 1 atom stereocenters. The lowest BCUT2D eigenvalue weighted by molar-refractivity contribution is 0.0971. The van der Waals surface area contributed by atoms with E-state index >= 15 is 0 Å². The summed E-state index contributed by atoms with van der Waals surface area (Å²) in [4.78, 5) is 23.9. The Morgan fingerprint density at radius 3 is 2.54 bits per heavy atom. The van der Waals surface area contributed by atoms with E-state index in [9.17, 15) is 10.1 Å². The van der Waals surface area contributed by atoms with Crippen molar-refractivity contribution in [3.8, 4) is 6.07 Å². The SMILES string of the molecule is CN(C(=Nc1ccc(Cl)cc1)NC(=O)c1cccc(C#N)c1)[C@H](Cn1ccnc1)c1ccc(Cl)cc1Cl. The summed E-state index contributed by atoms with van der Waals surface area (Å²) in [6, 6.07) is 20.4. The maximum absolute atomic E-state index is 13.3. The molecule has 4 aromatic rings. The van der Waals surface area contributed by atoms with Crippen molar-refractivity contribution in [1.82, 2.24) is 19.8 Å². The molecule has 0 aliphatic heterocycles. The number of hydrogen-bond acceptors (Lipinski definition) is 4. The summed E-state index contributed by atoms with van der Waals surface area (Å²) in [6.07, 6.45) is 5.23. The summed E-state index contributed by atoms with van der Waals surface area (Å²) in [6.45, 7) is 0.456. The van der Waals surface area contributed by atoms with Crippen molar-refractivity contribution in [2.75, 3.05) is 7.05 Å². The molecule has 1 N–H and O–H groups in total. The minimum absolute atomic E-state index is 0.269. The third-order valence-corrected chi connectivity index (χ3v) is 6.42. The predicted octanol–water partition coefficient (Wildman–Crippen LogP) is 6.51. The molecule has 0 fully saturated rings. The molecule has 37 heavy (non-hydrogen) atoms. The van der Waals surface area contributed by atoms with Gasteiger partial charge in [0.2, 0.25) is 5.96 Å². The van der Waals surface area contributed by atoms with Crippen LogP contribution < -0.4 is 5.32 Å². The molecule has 0 spiro atoms. The molecule has 0 unspecified atom stereocenters. The number of carbonyl (C=O) groups excluding carboxylic acids is 1. The van der Waals surface area contributed by atoms with E-state index < -0.39 is 5.91 Å². The van der Waals surface area contributed by atoms with Crippen molar-refractivity contribution in [2.45, 2.75) is 12.6 Å². The largest absolute Gasteiger partial charge is 0.336 e. The van der Waals surface area contributed by atoms with Gasteiger partial charge in [0.05, 0.1) is 29.7 Å². The fourth-order valence-corrected chi connectivity index (χ4v) is 4.34. The number of benzene rings is 3. The minimum atomic E-state index is -0.416. The number of aromatic nitrogens is 2. The van der Waals surface area contributed by atoms with Crippen molar-refractivity contribution in [3.05, 3.63) is 117 Å². The Bertz CT molecular complexity index is 1460. The molecule has 1 amide bonds. The Kier molecular flexibility index (Phi) is 8.47. The summed E-state index contributed by atoms with van der Waals surface area (Å²) in [5.74, 6) is -0.147. The Morgan fingerprint density at radius 2 is 1.86 bits per heavy atom. The highest BCUT2D eigenvalue weighted by molar-refractivity contribution is 6.35. The Labute approximate surface area is 229 Å². The second kappa shape index (κ2) is 11.9. The highest BCUT2D eigenvalue weighted by atomic mass is 35.5. The average molecular weight is 552 g/mol. The van der Waals surface area contributed by atoms with Crippen molar-refractivity contribution in [1.29, 1.82) is 5.26 Å². The number of nitrogens with one attached hydrogen (secondary N) is 1. The molecular weight excluding hydrogens is 531 g/mol. The molecule has 7 nitrogen and oxygen atoms in total. The maximum Gasteiger partial charge on any atom is 0.258 e. The van der Waals surface area contributed by atoms with Crippen molar-refractivity contribution >= 4 is 52.4 Å². The number of likely N-dealkylation sites (N-methyl/N-ethyl adjacent to an activating group) is 1. The van der Waals surface area contributed by atoms with Gasteiger partial charge >= 0.3 is 0 Å². The summed E-state index contributed by atoms with van der Waals surface area (Å²) in [5.41, 5.74) is 2.07. The normalized spacial score (nSPS) is 12.0. The molecule has 0 radical (unpaired) electrons. The molecule has 1 heterocycles. The number of aliphatic imine (C=N–C) groups is 1. The highest BCUT2D eigenvalue weighted by Crippen LogP contribution is 2.31. The van der Waals surface area contributed by atoms with E-state index in [2.05, 4.69) is 16.4 Å². The van der Waals surface area contributed by atoms with Gasteiger partial charge in [0.1, 0.15) is 0 Å². The van der Waals surface area contributed by atoms with Crippen LogP contribution in [0.1, 0.15) is 27.5 Å². The number of hydrogen-bond donors (Lipinski definition) is 1. The van der Waals surface area contributed by atoms with Crippen LogP contribution in [0.15, 0.2) is 90.4 Å². The molecule has 10 heteroatoms. The minimum Gasteiger partial charge on any atom is -0.336 e. The average Bonchev–Trinajstić information content (AvgIpc) is 3.41. The summed E-state index contributed by atoms with van der Waals surface area (Å²) in [7, 11) is 1.81. The smallest absolute Gasteiger partial charge is 0.258 e. The lowest BCUT2D eigenvalue weighted by Gasteiger charge is -2.32. The number of guanidine groups is 1. The van der Waals surface area contributed by atoms with Crippen LogP contribution in [0.3, 0.4) is 0 Å². The van der Waals surface area contributed by atoms with Crippen molar-refractivity contribution in [3.63, 3.8) is 0 Å². The van der Waals surface area contributed by atoms with Gasteiger partial charge in [0.15, 0.2) is 0 Å². The third-order valence-electron chi connectivity index (χ3n) is 5.61. The van der Waals surface area contributed by atoms with Gasteiger partial charge in [-0.15, -0.1) is 0 Å². The first-order valence-electron chi connectivity index (χ1n) is 11.1. The zero-order valence-corrected chi connectivity index (χ0v) is 21.9. The summed E-state index contributed by atoms with van der Waals surface area (Å²) >= 11 is 18.8. The van der Waals surface area contributed by atoms with Crippen LogP contribution in [0.25, 0.3) is 0 Å². The van der Waals surface area contributed by atoms with Crippen LogP contribution in [0.4, 0.5) is 5.69 Å². The van der Waals surface area contributed by atoms with E-state index in [1.54, 1.807) is 67.1 Å². The van der Waals surface area contributed by atoms with E-state index in [0.717, 1.165) is 5.56 Å². The maximum atomic E-state index is 13.3. The second-order valence-corrected chi connectivity index (χ2v) is 9.39. The zero-order chi connectivity index (χ0) is 26.4. The number of rotatable bonds is 6. The van der Waals surface area contributed by atoms with E-state index in [1.807, 2.05) is 28.8 Å². The quantitative estimate of drug-likeness (QED) is 0.219. The summed E-state index contributed by atoms with van der Waals surface area (Å²) in [5, 5.41) is 13.7. The number of halogens is 3. The predicted molar refractivity (Wildman–Crippen MR) is 146 cm³/mol. The van der Waals surface area contributed by atoms with Gasteiger partial charge in [-0.1, -0.05) is 46.9 Å². The van der Waals surface area contributed by atoms with E-state index in [4.69, 9.17) is 39.8 Å². The van der Waals surface area contributed by atoms with Crippen LogP contribution in [-0.4, -0.2) is 33.4 Å². The molecule has 0 saturated heterocycles. The Balaban J connectivity index is 1.76. The van der Waals surface area contributed by atoms with Crippen LogP contribution in [-0.2, 0) is 6.54 Å². The van der Waals surface area contributed by atoms with E-state index in [1.165, 1.54) is 6.07 Å². The van der Waals surface area contributed by atoms with Gasteiger partial charge < -0.3 is 9.47 Å². The van der Waals surface area contributed by atoms with Gasteiger partial charge in [0, 0.05) is 46.6 Å². The fraction of sp³-hybridized carbons (Fsp3) is 0.111. The van der Waals surface area contributed by atoms with Gasteiger partial charge in [0.25, 0.3) is 5.91 Å². The van der Waals surface area contributed by atoms with Crippen LogP contribution in [0.5, 0.6) is 0 Å².